The summed E-state index contributed by atoms with van der Waals surface area (Å²) < 4.78 is 194. The number of ether oxygens (including phenoxy) is 16. The molecule has 0 saturated carbocycles. The Morgan fingerprint density at radius 2 is 0.507 bits per heavy atom. The van der Waals surface area contributed by atoms with Crippen molar-refractivity contribution in [2.24, 2.45) is 0 Å². The summed E-state index contributed by atoms with van der Waals surface area (Å²) in [6.07, 6.45) is 54.0. The van der Waals surface area contributed by atoms with Crippen LogP contribution in [-0.4, -0.2) is 240 Å². The van der Waals surface area contributed by atoms with Crippen molar-refractivity contribution >= 4 is 40.5 Å². The molecule has 0 aliphatic carbocycles. The number of benzene rings is 4. The van der Waals surface area contributed by atoms with Gasteiger partial charge in [0.15, 0.2) is 23.8 Å². The van der Waals surface area contributed by atoms with E-state index in [-0.39, 0.29) is 147 Å². The van der Waals surface area contributed by atoms with Crippen molar-refractivity contribution in [2.75, 3.05) is 166 Å². The first-order valence-corrected chi connectivity index (χ1v) is 49.1. The number of hydrogen-bond acceptors (Lipinski definition) is 30. The smallest absolute Gasteiger partial charge is 0.491 e. The molecule has 0 fully saturated rings. The molecule has 4 aromatic rings. The van der Waals surface area contributed by atoms with Crippen LogP contribution in [0.2, 0.25) is 0 Å². The van der Waals surface area contributed by atoms with E-state index in [1.807, 2.05) is 60.7 Å². The number of aryl methyl sites for hydroxylation is 4. The predicted molar refractivity (Wildman–Crippen MR) is 530 cm³/mol. The van der Waals surface area contributed by atoms with Gasteiger partial charge < -0.3 is 111 Å². The molecule has 4 atom stereocenters. The first-order chi connectivity index (χ1) is 61.4. The monoisotopic (exact) mass is 2000 g/mol. The molecular formula is C96H167N2NaO31S4. The molecule has 0 heterocycles. The Morgan fingerprint density at radius 1 is 0.328 bits per heavy atom. The van der Waals surface area contributed by atoms with Crippen molar-refractivity contribution < 1.29 is 172 Å². The molecule has 38 heteroatoms. The van der Waals surface area contributed by atoms with Crippen LogP contribution in [-0.2, 0) is 140 Å². The fourth-order valence-corrected chi connectivity index (χ4v) is 11.8. The molecule has 134 heavy (non-hydrogen) atoms. The maximum absolute atomic E-state index is 11.3. The summed E-state index contributed by atoms with van der Waals surface area (Å²) in [6, 6.07) is 34.3. The SMILES string of the molecule is C.C#C.C#C.C#CNC.C=CCOCC(COc1ccc(CCCC)cc1)OCOCS(=O)(=O)OC.C=CCOCC(COc1ccc(CCCCCC)cc1)OCOCS(=O)(=O)OC.C=CCOCC(COc1ccc(CCCCCCCC)cc1)OCOCS(=O)(=O)OC.C=CCOCC(COc1ccc(CCCCCCCCC)cc1)OCOCS(=O)(=O)OC.N.O.O.O.[CH3-].[Na+]. The Balaban J connectivity index is -0.000000183. The van der Waals surface area contributed by atoms with Gasteiger partial charge in [-0.15, -0.1) is 52.0 Å². The summed E-state index contributed by atoms with van der Waals surface area (Å²) in [5.41, 5.74) is 5.18. The minimum atomic E-state index is -3.69. The zero-order valence-corrected chi connectivity index (χ0v) is 86.5. The fraction of sp³-hybridized carbons (Fsp3) is 0.594. The molecule has 0 saturated heterocycles. The van der Waals surface area contributed by atoms with Crippen LogP contribution < -0.4 is 60.0 Å². The van der Waals surface area contributed by atoms with Gasteiger partial charge in [0.25, 0.3) is 40.5 Å². The van der Waals surface area contributed by atoms with Crippen molar-refractivity contribution in [2.45, 2.75) is 207 Å². The zero-order chi connectivity index (χ0) is 95.0. The molecule has 0 aromatic heterocycles. The largest absolute Gasteiger partial charge is 1.00 e. The van der Waals surface area contributed by atoms with E-state index in [0.717, 1.165) is 90.0 Å². The zero-order valence-electron chi connectivity index (χ0n) is 81.2. The molecule has 33 nitrogen and oxygen atoms in total. The van der Waals surface area contributed by atoms with Crippen molar-refractivity contribution in [1.29, 1.82) is 0 Å². The number of nitrogens with one attached hydrogen (secondary N) is 1. The molecular weight excluding hydrogens is 1830 g/mol. The number of unbranched alkanes of at least 4 members (excludes halogenated alkanes) is 15. The molecule has 0 amide bonds. The Labute approximate surface area is 829 Å². The summed E-state index contributed by atoms with van der Waals surface area (Å²) in [7, 11) is -8.73. The Bertz CT molecular complexity index is 3810. The summed E-state index contributed by atoms with van der Waals surface area (Å²) in [5.74, 6) is 0.641. The molecule has 4 aromatic carbocycles. The summed E-state index contributed by atoms with van der Waals surface area (Å²) >= 11 is 0. The predicted octanol–water partition coefficient (Wildman–Crippen LogP) is 12.0. The molecule has 0 aliphatic rings. The quantitative estimate of drug-likeness (QED) is 0.00606. The average Bonchev–Trinajstić information content (AvgIpc) is 0.912. The molecule has 10 N–H and O–H groups in total. The van der Waals surface area contributed by atoms with Crippen molar-refractivity contribution in [1.82, 2.24) is 11.5 Å². The van der Waals surface area contributed by atoms with Crippen LogP contribution in [0.1, 0.15) is 179 Å². The van der Waals surface area contributed by atoms with Gasteiger partial charge in [0.05, 0.1) is 81.3 Å². The molecule has 772 valence electrons. The summed E-state index contributed by atoms with van der Waals surface area (Å²) in [4.78, 5) is 0. The maximum atomic E-state index is 11.3. The van der Waals surface area contributed by atoms with E-state index in [9.17, 15) is 33.7 Å². The van der Waals surface area contributed by atoms with Gasteiger partial charge in [-0.2, -0.15) is 33.7 Å². The van der Waals surface area contributed by atoms with Crippen molar-refractivity contribution in [3.8, 4) is 61.2 Å². The second kappa shape index (κ2) is 104. The second-order valence-corrected chi connectivity index (χ2v) is 34.4. The van der Waals surface area contributed by atoms with Gasteiger partial charge in [0.2, 0.25) is 0 Å². The molecule has 4 unspecified atom stereocenters. The van der Waals surface area contributed by atoms with Gasteiger partial charge in [0.1, 0.15) is 101 Å². The second-order valence-electron chi connectivity index (χ2n) is 27.6. The van der Waals surface area contributed by atoms with E-state index in [1.165, 1.54) is 131 Å². The average molecular weight is 2000 g/mol. The first kappa shape index (κ1) is 148. The van der Waals surface area contributed by atoms with E-state index in [0.29, 0.717) is 26.4 Å². The van der Waals surface area contributed by atoms with Gasteiger partial charge in [-0.1, -0.05) is 211 Å². The fourth-order valence-electron chi connectivity index (χ4n) is 10.3. The van der Waals surface area contributed by atoms with Gasteiger partial charge in [0, 0.05) is 13.1 Å². The third kappa shape index (κ3) is 91.9. The topological polar surface area (TPSA) is 463 Å². The summed E-state index contributed by atoms with van der Waals surface area (Å²) in [5, 5.41) is 2.46. The standard InChI is InChI=1S/C24H40O7S.C23H38O7S.C21H34O7S.C19H30O7S.C3H5N.2C2H2.CH4.CH3.H3N.Na.3H2O/c1-4-6-7-8-9-10-11-12-22-13-15-23(16-14-22)30-19-24(18-28-17-5-2)31-20-29-21-32(25,26)27-3;1-4-6-7-8-9-10-11-21-12-14-22(15-13-21)29-18-23(17-27-16-5-2)30-19-28-20-31(24,25)26-3;1-4-6-7-8-9-19-10-12-20(13-11-19)27-16-21(15-25-14-5-2)28-17-26-18-29(22,23)24-3;1-4-6-7-17-8-10-18(11-9-17)25-14-19(13-23-12-5-2)26-15-24-16-27(20,21)22-3;1-3-4-2;2*1-2;;;;;;;/h5,13-16,24H,2,4,6-12,17-21H2,1,3H3;5,12-15,23H,2,4,6-11,16-20H2,1,3H3;5,10-13,21H,2,4,6-9,14-18H2,1,3H3;5,8-11,19H,2,4,6-7,12-16H2,1,3H3;1,4H,2H3;2*1-2H;1H4;2*1H3;;3*1H2/q;;;;;;;;-1;;+1;;;. The van der Waals surface area contributed by atoms with Crippen molar-refractivity contribution in [3.05, 3.63) is 177 Å². The van der Waals surface area contributed by atoms with Crippen LogP contribution >= 0.6 is 0 Å². The molecule has 0 spiro atoms. The van der Waals surface area contributed by atoms with E-state index >= 15 is 0 Å². The normalized spacial score (nSPS) is 11.3. The Kier molecular flexibility index (Phi) is 115. The van der Waals surface area contributed by atoms with Crippen LogP contribution in [0.15, 0.2) is 148 Å². The van der Waals surface area contributed by atoms with E-state index < -0.39 is 88.6 Å². The number of terminal acetylenes is 3. The van der Waals surface area contributed by atoms with Crippen LogP contribution in [0.25, 0.3) is 0 Å². The minimum absolute atomic E-state index is 0. The van der Waals surface area contributed by atoms with Gasteiger partial charge in [-0.3, -0.25) is 16.7 Å². The van der Waals surface area contributed by atoms with Crippen LogP contribution in [0, 0.1) is 45.6 Å². The molecule has 4 rings (SSSR count). The van der Waals surface area contributed by atoms with Crippen molar-refractivity contribution in [3.63, 3.8) is 0 Å². The van der Waals surface area contributed by atoms with E-state index in [4.69, 9.17) is 75.8 Å². The van der Waals surface area contributed by atoms with E-state index in [2.05, 4.69) is 151 Å². The molecule has 0 radical (unpaired) electrons. The van der Waals surface area contributed by atoms with Gasteiger partial charge in [-0.25, -0.2) is 0 Å². The van der Waals surface area contributed by atoms with Gasteiger partial charge >= 0.3 is 29.6 Å². The molecule has 0 bridgehead atoms. The number of rotatable bonds is 75. The maximum Gasteiger partial charge on any atom is 1.00 e. The Hall–Kier alpha value is -6.48. The van der Waals surface area contributed by atoms with E-state index in [1.54, 1.807) is 31.4 Å². The number of hydrogen-bond donors (Lipinski definition) is 2. The molecule has 0 aliphatic heterocycles. The third-order valence-electron chi connectivity index (χ3n) is 17.2. The summed E-state index contributed by atoms with van der Waals surface area (Å²) in [6.45, 7) is 25.9. The minimum Gasteiger partial charge on any atom is -0.491 e. The van der Waals surface area contributed by atoms with Crippen LogP contribution in [0.3, 0.4) is 0 Å². The first-order valence-electron chi connectivity index (χ1n) is 42.7. The Morgan fingerprint density at radius 3 is 0.687 bits per heavy atom. The van der Waals surface area contributed by atoms with Crippen LogP contribution in [0.5, 0.6) is 23.0 Å². The van der Waals surface area contributed by atoms with Gasteiger partial charge in [-0.05, 0) is 122 Å². The van der Waals surface area contributed by atoms with Crippen LogP contribution in [0.4, 0.5) is 0 Å². The third-order valence-corrected chi connectivity index (χ3v) is 21.1.